The molecule has 6 heteroatoms. The molecule has 1 N–H and O–H groups in total. The fourth-order valence-electron chi connectivity index (χ4n) is 2.64. The lowest BCUT2D eigenvalue weighted by atomic mass is 9.79. The van der Waals surface area contributed by atoms with Crippen LogP contribution in [0.5, 0.6) is 0 Å². The third-order valence-electron chi connectivity index (χ3n) is 4.50. The van der Waals surface area contributed by atoms with Crippen LogP contribution in [0.1, 0.15) is 47.0 Å². The molecule has 1 heterocycles. The zero-order chi connectivity index (χ0) is 16.7. The Hall–Kier alpha value is -1.14. The van der Waals surface area contributed by atoms with Crippen LogP contribution in [-0.4, -0.2) is 42.7 Å². The van der Waals surface area contributed by atoms with Crippen molar-refractivity contribution in [3.05, 3.63) is 0 Å². The van der Waals surface area contributed by atoms with Crippen LogP contribution in [0, 0.1) is 17.8 Å². The van der Waals surface area contributed by atoms with E-state index in [2.05, 4.69) is 20.8 Å². The van der Waals surface area contributed by atoms with Crippen LogP contribution in [0.15, 0.2) is 0 Å². The normalized spacial score (nSPS) is 31.7. The van der Waals surface area contributed by atoms with Crippen LogP contribution in [0.4, 0.5) is 0 Å². The topological polar surface area (TPSA) is 82.1 Å². The number of unbranched alkanes of at least 4 members (excludes halogenated alkanes) is 1. The van der Waals surface area contributed by atoms with Crippen molar-refractivity contribution in [2.75, 3.05) is 13.2 Å². The summed E-state index contributed by atoms with van der Waals surface area (Å²) in [5.74, 6) is -0.193. The summed E-state index contributed by atoms with van der Waals surface area (Å²) in [4.78, 5) is 21.4. The molecule has 0 radical (unpaired) electrons. The van der Waals surface area contributed by atoms with Gasteiger partial charge in [-0.3, -0.25) is 9.59 Å². The Morgan fingerprint density at radius 2 is 1.77 bits per heavy atom. The molecule has 0 bridgehead atoms. The first-order chi connectivity index (χ1) is 10.3. The van der Waals surface area contributed by atoms with Gasteiger partial charge in [0, 0.05) is 25.9 Å². The number of carboxylic acids is 1. The molecule has 22 heavy (non-hydrogen) atoms. The predicted molar refractivity (Wildman–Crippen MR) is 80.2 cm³/mol. The lowest BCUT2D eigenvalue weighted by molar-refractivity contribution is -0.255. The van der Waals surface area contributed by atoms with Gasteiger partial charge < -0.3 is 19.3 Å². The van der Waals surface area contributed by atoms with E-state index in [-0.39, 0.29) is 43.2 Å². The summed E-state index contributed by atoms with van der Waals surface area (Å²) in [6, 6.07) is 0. The van der Waals surface area contributed by atoms with Crippen LogP contribution in [0.2, 0.25) is 0 Å². The largest absolute Gasteiger partial charge is 0.481 e. The average Bonchev–Trinajstić information content (AvgIpc) is 2.45. The van der Waals surface area contributed by atoms with Crippen LogP contribution in [0.25, 0.3) is 0 Å². The molecule has 128 valence electrons. The van der Waals surface area contributed by atoms with Gasteiger partial charge in [0.2, 0.25) is 0 Å². The maximum atomic E-state index is 11.0. The molecular formula is C16H28O6. The molecule has 0 spiro atoms. The highest BCUT2D eigenvalue weighted by atomic mass is 16.7. The Bertz CT molecular complexity index is 370. The lowest BCUT2D eigenvalue weighted by Gasteiger charge is -2.43. The molecule has 1 saturated heterocycles. The first kappa shape index (κ1) is 18.9. The van der Waals surface area contributed by atoms with Crippen molar-refractivity contribution in [2.45, 2.75) is 59.4 Å². The fraction of sp³-hybridized carbons (Fsp3) is 0.875. The number of aliphatic carboxylic acids is 1. The second-order valence-electron chi connectivity index (χ2n) is 6.14. The van der Waals surface area contributed by atoms with Crippen LogP contribution < -0.4 is 0 Å². The molecule has 0 saturated carbocycles. The van der Waals surface area contributed by atoms with E-state index in [4.69, 9.17) is 19.3 Å². The highest BCUT2D eigenvalue weighted by Gasteiger charge is 2.39. The Balaban J connectivity index is 2.43. The van der Waals surface area contributed by atoms with Gasteiger partial charge in [-0.05, 0) is 24.7 Å². The van der Waals surface area contributed by atoms with E-state index >= 15 is 0 Å². The molecule has 0 aromatic heterocycles. The van der Waals surface area contributed by atoms with Gasteiger partial charge >= 0.3 is 11.9 Å². The number of rotatable bonds is 8. The Morgan fingerprint density at radius 3 is 2.36 bits per heavy atom. The number of hydrogen-bond donors (Lipinski definition) is 1. The third kappa shape index (κ3) is 5.93. The number of carbonyl (C=O) groups excluding carboxylic acids is 1. The molecule has 0 aromatic carbocycles. The van der Waals surface area contributed by atoms with Gasteiger partial charge in [0.15, 0.2) is 6.29 Å². The summed E-state index contributed by atoms with van der Waals surface area (Å²) >= 11 is 0. The summed E-state index contributed by atoms with van der Waals surface area (Å²) in [5, 5.41) is 8.60. The number of hydrogen-bond acceptors (Lipinski definition) is 5. The number of esters is 1. The van der Waals surface area contributed by atoms with E-state index in [0.717, 1.165) is 0 Å². The van der Waals surface area contributed by atoms with Gasteiger partial charge in [-0.25, -0.2) is 0 Å². The fourth-order valence-corrected chi connectivity index (χ4v) is 2.64. The second kappa shape index (κ2) is 9.10. The first-order valence-corrected chi connectivity index (χ1v) is 7.95. The van der Waals surface area contributed by atoms with Crippen molar-refractivity contribution in [3.63, 3.8) is 0 Å². The minimum atomic E-state index is -0.786. The smallest absolute Gasteiger partial charge is 0.303 e. The third-order valence-corrected chi connectivity index (χ3v) is 4.50. The minimum absolute atomic E-state index is 0.160. The molecule has 5 atom stereocenters. The van der Waals surface area contributed by atoms with Gasteiger partial charge in [-0.2, -0.15) is 0 Å². The van der Waals surface area contributed by atoms with E-state index in [0.29, 0.717) is 25.4 Å². The van der Waals surface area contributed by atoms with E-state index in [1.165, 1.54) is 6.92 Å². The summed E-state index contributed by atoms with van der Waals surface area (Å²) in [5.41, 5.74) is 0. The average molecular weight is 316 g/mol. The summed E-state index contributed by atoms with van der Waals surface area (Å²) in [6.45, 7) is 8.44. The van der Waals surface area contributed by atoms with Gasteiger partial charge in [-0.1, -0.05) is 20.8 Å². The zero-order valence-electron chi connectivity index (χ0n) is 13.9. The quantitative estimate of drug-likeness (QED) is 0.547. The van der Waals surface area contributed by atoms with Crippen molar-refractivity contribution in [1.29, 1.82) is 0 Å². The maximum absolute atomic E-state index is 11.0. The second-order valence-corrected chi connectivity index (χ2v) is 6.14. The molecule has 1 fully saturated rings. The van der Waals surface area contributed by atoms with Gasteiger partial charge in [-0.15, -0.1) is 0 Å². The van der Waals surface area contributed by atoms with E-state index < -0.39 is 5.97 Å². The zero-order valence-corrected chi connectivity index (χ0v) is 13.9. The van der Waals surface area contributed by atoms with Crippen LogP contribution >= 0.6 is 0 Å². The number of carboxylic acid groups (broad SMARTS) is 1. The van der Waals surface area contributed by atoms with Crippen molar-refractivity contribution in [1.82, 2.24) is 0 Å². The monoisotopic (exact) mass is 316 g/mol. The van der Waals surface area contributed by atoms with Crippen molar-refractivity contribution >= 4 is 11.9 Å². The van der Waals surface area contributed by atoms with E-state index in [1.54, 1.807) is 0 Å². The number of carbonyl (C=O) groups is 2. The number of ether oxygens (including phenoxy) is 3. The Kier molecular flexibility index (Phi) is 7.82. The standard InChI is InChI=1S/C16H28O6/c1-10-11(2)14(9-21-13(4)17)22-16(12(10)3)20-8-6-5-7-15(18)19/h10-12,14,16H,5-9H2,1-4H3,(H,18,19). The first-order valence-electron chi connectivity index (χ1n) is 7.95. The summed E-state index contributed by atoms with van der Waals surface area (Å²) < 4.78 is 16.8. The predicted octanol–water partition coefficient (Wildman–Crippen LogP) is 2.45. The molecular weight excluding hydrogens is 288 g/mol. The molecule has 1 aliphatic heterocycles. The summed E-state index contributed by atoms with van der Waals surface area (Å²) in [7, 11) is 0. The van der Waals surface area contributed by atoms with Crippen molar-refractivity contribution in [3.8, 4) is 0 Å². The van der Waals surface area contributed by atoms with Gasteiger partial charge in [0.05, 0.1) is 6.10 Å². The Labute approximate surface area is 132 Å². The SMILES string of the molecule is CC(=O)OCC1OC(OCCCCC(=O)O)C(C)C(C)C1C. The Morgan fingerprint density at radius 1 is 1.09 bits per heavy atom. The molecule has 0 aromatic rings. The van der Waals surface area contributed by atoms with E-state index in [1.807, 2.05) is 0 Å². The molecule has 1 aliphatic rings. The van der Waals surface area contributed by atoms with Gasteiger partial charge in [0.1, 0.15) is 6.61 Å². The summed E-state index contributed by atoms with van der Waals surface area (Å²) in [6.07, 6.45) is 0.944. The molecule has 0 aliphatic carbocycles. The van der Waals surface area contributed by atoms with Crippen LogP contribution in [-0.2, 0) is 23.8 Å². The molecule has 1 rings (SSSR count). The van der Waals surface area contributed by atoms with Crippen molar-refractivity contribution in [2.24, 2.45) is 17.8 Å². The molecule has 6 nitrogen and oxygen atoms in total. The minimum Gasteiger partial charge on any atom is -0.481 e. The van der Waals surface area contributed by atoms with E-state index in [9.17, 15) is 9.59 Å². The lowest BCUT2D eigenvalue weighted by Crippen LogP contribution is -2.47. The van der Waals surface area contributed by atoms with Gasteiger partial charge in [0.25, 0.3) is 0 Å². The maximum Gasteiger partial charge on any atom is 0.303 e. The highest BCUT2D eigenvalue weighted by Crippen LogP contribution is 2.35. The van der Waals surface area contributed by atoms with Crippen LogP contribution in [0.3, 0.4) is 0 Å². The molecule has 0 amide bonds. The highest BCUT2D eigenvalue weighted by molar-refractivity contribution is 5.66. The van der Waals surface area contributed by atoms with Crippen molar-refractivity contribution < 1.29 is 28.9 Å². The molecule has 5 unspecified atom stereocenters.